The van der Waals surface area contributed by atoms with E-state index in [4.69, 9.17) is 21.1 Å². The van der Waals surface area contributed by atoms with Crippen LogP contribution in [0.5, 0.6) is 11.5 Å². The number of methoxy groups -OCH3 is 1. The second-order valence-electron chi connectivity index (χ2n) is 11.5. The summed E-state index contributed by atoms with van der Waals surface area (Å²) in [5.41, 5.74) is 5.81. The van der Waals surface area contributed by atoms with Crippen molar-refractivity contribution in [3.05, 3.63) is 141 Å². The number of ketones is 1. The minimum absolute atomic E-state index is 0.0160. The Morgan fingerprint density at radius 3 is 2.57 bits per heavy atom. The lowest BCUT2D eigenvalue weighted by Gasteiger charge is -2.37. The van der Waals surface area contributed by atoms with Gasteiger partial charge in [-0.2, -0.15) is 0 Å². The molecule has 0 radical (unpaired) electrons. The second-order valence-corrected chi connectivity index (χ2v) is 11.9. The van der Waals surface area contributed by atoms with Crippen molar-refractivity contribution in [2.45, 2.75) is 45.1 Å². The number of carbonyl (C=O) groups is 2. The fraction of sp³-hybridized carbons (Fsp3) is 0.216. The van der Waals surface area contributed by atoms with Gasteiger partial charge in [-0.15, -0.1) is 0 Å². The number of nitrogens with one attached hydrogen (secondary N) is 2. The van der Waals surface area contributed by atoms with E-state index in [0.717, 1.165) is 22.4 Å². The molecule has 2 atom stereocenters. The van der Waals surface area contributed by atoms with Crippen molar-refractivity contribution in [1.29, 1.82) is 0 Å². The van der Waals surface area contributed by atoms with E-state index < -0.39 is 11.7 Å². The number of hydrogen-bond acceptors (Lipinski definition) is 6. The molecule has 1 amide bonds. The van der Waals surface area contributed by atoms with Crippen LogP contribution in [0, 0.1) is 12.7 Å². The van der Waals surface area contributed by atoms with Crippen molar-refractivity contribution in [3.63, 3.8) is 0 Å². The number of carbonyl (C=O) groups excluding carboxylic acids is 2. The van der Waals surface area contributed by atoms with Crippen LogP contribution in [0.1, 0.15) is 53.9 Å². The van der Waals surface area contributed by atoms with Gasteiger partial charge in [-0.05, 0) is 73.2 Å². The smallest absolute Gasteiger partial charge is 0.255 e. The van der Waals surface area contributed by atoms with Crippen LogP contribution in [0.2, 0.25) is 5.02 Å². The van der Waals surface area contributed by atoms with Crippen molar-refractivity contribution in [3.8, 4) is 11.5 Å². The van der Waals surface area contributed by atoms with Gasteiger partial charge in [0.2, 0.25) is 0 Å². The lowest BCUT2D eigenvalue weighted by molar-refractivity contribution is -0.116. The molecule has 0 saturated heterocycles. The molecule has 9 heteroatoms. The van der Waals surface area contributed by atoms with Crippen LogP contribution in [0.15, 0.2) is 108 Å². The number of aryl methyl sites for hydroxylation is 1. The van der Waals surface area contributed by atoms with Crippen LogP contribution in [0.4, 0.5) is 10.2 Å². The SMILES string of the molecule is COc1ccc([C@H]2C(C(=O)Nc3ncccc3C)=C(C)NC3=C2C(=O)C[C@H](c2ccccc2)C3)cc1COc1ccc(F)c(Cl)c1. The molecule has 46 heavy (non-hydrogen) atoms. The van der Waals surface area contributed by atoms with Gasteiger partial charge < -0.3 is 20.1 Å². The van der Waals surface area contributed by atoms with Crippen LogP contribution in [0.3, 0.4) is 0 Å². The minimum atomic E-state index is -0.658. The van der Waals surface area contributed by atoms with Gasteiger partial charge in [0.25, 0.3) is 5.91 Å². The van der Waals surface area contributed by atoms with E-state index in [2.05, 4.69) is 15.6 Å². The van der Waals surface area contributed by atoms with E-state index in [1.165, 1.54) is 18.2 Å². The van der Waals surface area contributed by atoms with Crippen LogP contribution in [-0.2, 0) is 16.2 Å². The first-order valence-corrected chi connectivity index (χ1v) is 15.4. The monoisotopic (exact) mass is 637 g/mol. The zero-order valence-electron chi connectivity index (χ0n) is 25.7. The average molecular weight is 638 g/mol. The van der Waals surface area contributed by atoms with Gasteiger partial charge in [-0.1, -0.05) is 54.1 Å². The third-order valence-electron chi connectivity index (χ3n) is 8.51. The van der Waals surface area contributed by atoms with Crippen molar-refractivity contribution in [2.75, 3.05) is 12.4 Å². The molecule has 6 rings (SSSR count). The highest BCUT2D eigenvalue weighted by molar-refractivity contribution is 6.30. The molecule has 0 bridgehead atoms. The zero-order valence-corrected chi connectivity index (χ0v) is 26.5. The molecule has 7 nitrogen and oxygen atoms in total. The van der Waals surface area contributed by atoms with Gasteiger partial charge >= 0.3 is 0 Å². The molecule has 4 aromatic rings. The summed E-state index contributed by atoms with van der Waals surface area (Å²) in [6.07, 6.45) is 2.58. The van der Waals surface area contributed by atoms with Gasteiger partial charge in [0, 0.05) is 52.7 Å². The number of allylic oxidation sites excluding steroid dienone is 3. The highest BCUT2D eigenvalue weighted by Gasteiger charge is 2.41. The first-order valence-electron chi connectivity index (χ1n) is 15.0. The number of nitrogens with zero attached hydrogens (tertiary/aromatic N) is 1. The maximum absolute atomic E-state index is 14.1. The Hall–Kier alpha value is -4.95. The third-order valence-corrected chi connectivity index (χ3v) is 8.80. The highest BCUT2D eigenvalue weighted by atomic mass is 35.5. The molecule has 0 spiro atoms. The van der Waals surface area contributed by atoms with E-state index in [-0.39, 0.29) is 29.2 Å². The summed E-state index contributed by atoms with van der Waals surface area (Å²) in [6, 6.07) is 23.4. The Morgan fingerprint density at radius 1 is 1.02 bits per heavy atom. The molecule has 234 valence electrons. The van der Waals surface area contributed by atoms with E-state index in [1.54, 1.807) is 13.3 Å². The molecule has 0 fully saturated rings. The van der Waals surface area contributed by atoms with Crippen LogP contribution in [-0.4, -0.2) is 23.8 Å². The van der Waals surface area contributed by atoms with E-state index >= 15 is 0 Å². The largest absolute Gasteiger partial charge is 0.496 e. The van der Waals surface area contributed by atoms with Gasteiger partial charge in [-0.25, -0.2) is 9.37 Å². The predicted molar refractivity (Wildman–Crippen MR) is 175 cm³/mol. The molecular weight excluding hydrogens is 605 g/mol. The van der Waals surface area contributed by atoms with Gasteiger partial charge in [0.15, 0.2) is 5.78 Å². The first-order chi connectivity index (χ1) is 22.2. The Labute approximate surface area is 272 Å². The summed E-state index contributed by atoms with van der Waals surface area (Å²) in [5, 5.41) is 6.37. The number of rotatable bonds is 8. The number of hydrogen-bond donors (Lipinski definition) is 2. The summed E-state index contributed by atoms with van der Waals surface area (Å²) in [6.45, 7) is 3.82. The van der Waals surface area contributed by atoms with Crippen LogP contribution in [0.25, 0.3) is 0 Å². The molecule has 2 aliphatic rings. The number of pyridine rings is 1. The number of benzene rings is 3. The Morgan fingerprint density at radius 2 is 1.83 bits per heavy atom. The lowest BCUT2D eigenvalue weighted by Crippen LogP contribution is -2.37. The maximum atomic E-state index is 14.1. The van der Waals surface area contributed by atoms with Gasteiger partial charge in [0.1, 0.15) is 29.7 Å². The van der Waals surface area contributed by atoms with Gasteiger partial charge in [-0.3, -0.25) is 9.59 Å². The Bertz CT molecular complexity index is 1890. The number of Topliss-reactive ketones (excluding diaryl/α,β-unsaturated/α-hetero) is 1. The van der Waals surface area contributed by atoms with E-state index in [1.807, 2.05) is 74.5 Å². The number of aromatic nitrogens is 1. The molecule has 2 N–H and O–H groups in total. The second kappa shape index (κ2) is 13.2. The number of halogens is 2. The predicted octanol–water partition coefficient (Wildman–Crippen LogP) is 7.77. The fourth-order valence-corrected chi connectivity index (χ4v) is 6.41. The van der Waals surface area contributed by atoms with Crippen molar-refractivity contribution in [2.24, 2.45) is 0 Å². The molecule has 0 saturated carbocycles. The number of dihydropyridines is 1. The molecule has 0 unspecified atom stereocenters. The number of ether oxygens (including phenoxy) is 2. The maximum Gasteiger partial charge on any atom is 0.255 e. The van der Waals surface area contributed by atoms with Gasteiger partial charge in [0.05, 0.1) is 12.1 Å². The fourth-order valence-electron chi connectivity index (χ4n) is 6.24. The topological polar surface area (TPSA) is 89.5 Å². The molecule has 1 aromatic heterocycles. The molecule has 1 aliphatic carbocycles. The van der Waals surface area contributed by atoms with Crippen LogP contribution >= 0.6 is 11.6 Å². The van der Waals surface area contributed by atoms with Crippen LogP contribution < -0.4 is 20.1 Å². The zero-order chi connectivity index (χ0) is 32.4. The van der Waals surface area contributed by atoms with Crippen molar-refractivity contribution in [1.82, 2.24) is 10.3 Å². The van der Waals surface area contributed by atoms with E-state index in [9.17, 15) is 14.0 Å². The Balaban J connectivity index is 1.41. The quantitative estimate of drug-likeness (QED) is 0.205. The summed E-state index contributed by atoms with van der Waals surface area (Å²) in [7, 11) is 1.56. The summed E-state index contributed by atoms with van der Waals surface area (Å²) < 4.78 is 25.3. The average Bonchev–Trinajstić information content (AvgIpc) is 3.05. The first kappa shape index (κ1) is 31.0. The summed E-state index contributed by atoms with van der Waals surface area (Å²) in [4.78, 5) is 32.5. The number of amides is 1. The molecular formula is C37H33ClFN3O4. The highest BCUT2D eigenvalue weighted by Crippen LogP contribution is 2.46. The standard InChI is InChI=1S/C37H33ClFN3O4/c1-21-8-7-15-40-36(21)42-37(44)33-22(2)41-30-17-25(23-9-5-4-6-10-23)18-31(43)35(30)34(33)24-11-14-32(45-3)26(16-24)20-46-27-12-13-29(39)28(38)19-27/h4-16,19,25,34,41H,17-18,20H2,1-3H3,(H,40,42,44)/t25-,34+/m1/s1. The minimum Gasteiger partial charge on any atom is -0.496 e. The number of anilines is 1. The van der Waals surface area contributed by atoms with E-state index in [0.29, 0.717) is 52.6 Å². The molecule has 2 heterocycles. The summed E-state index contributed by atoms with van der Waals surface area (Å²) >= 11 is 5.97. The summed E-state index contributed by atoms with van der Waals surface area (Å²) in [5.74, 6) is -0.144. The van der Waals surface area contributed by atoms with Crippen molar-refractivity contribution < 1.29 is 23.5 Å². The lowest BCUT2D eigenvalue weighted by atomic mass is 9.71. The van der Waals surface area contributed by atoms with Crippen molar-refractivity contribution >= 4 is 29.1 Å². The third kappa shape index (κ3) is 6.26. The normalized spacial score (nSPS) is 17.7. The molecule has 3 aromatic carbocycles. The molecule has 1 aliphatic heterocycles. The Kier molecular flexibility index (Phi) is 8.90.